The summed E-state index contributed by atoms with van der Waals surface area (Å²) in [6.07, 6.45) is -11.6. The molecule has 4 rings (SSSR count). The quantitative estimate of drug-likeness (QED) is 0.268. The lowest BCUT2D eigenvalue weighted by molar-refractivity contribution is -0.144. The first-order chi connectivity index (χ1) is 19.4. The maximum atomic E-state index is 13.9. The number of hydrogen-bond acceptors (Lipinski definition) is 4. The molecule has 1 aliphatic rings. The molecule has 2 aromatic heterocycles. The van der Waals surface area contributed by atoms with Crippen molar-refractivity contribution in [2.75, 3.05) is 0 Å². The van der Waals surface area contributed by atoms with Crippen LogP contribution in [0.4, 0.5) is 35.1 Å². The molecule has 0 unspecified atom stereocenters. The zero-order chi connectivity index (χ0) is 31.0. The van der Waals surface area contributed by atoms with Crippen molar-refractivity contribution in [3.63, 3.8) is 0 Å². The van der Waals surface area contributed by atoms with Gasteiger partial charge in [-0.3, -0.25) is 14.3 Å². The van der Waals surface area contributed by atoms with Gasteiger partial charge in [-0.25, -0.2) is 13.8 Å². The molecule has 0 aliphatic heterocycles. The van der Waals surface area contributed by atoms with Gasteiger partial charge < -0.3 is 15.6 Å². The number of carbonyl (C=O) groups excluding carboxylic acids is 2. The summed E-state index contributed by atoms with van der Waals surface area (Å²) in [6, 6.07) is 2.99. The van der Waals surface area contributed by atoms with Crippen molar-refractivity contribution < 1.29 is 44.7 Å². The second-order valence-corrected chi connectivity index (χ2v) is 10.5. The van der Waals surface area contributed by atoms with E-state index in [1.807, 2.05) is 0 Å². The largest absolute Gasteiger partial charge is 0.433 e. The molecule has 0 bridgehead atoms. The molecule has 42 heavy (non-hydrogen) atoms. The van der Waals surface area contributed by atoms with E-state index < -0.39 is 85.0 Å². The Kier molecular flexibility index (Phi) is 8.56. The standard InChI is InChI=1S/C26H28F8N6O2/c1-13(36-19(41)7-10-25(29,30)31)15-3-4-17-18(11-15)38-22(37-17)20(14-5-8-24(27,28)9-6-14)39-23(42)16-12-35-40(2)21(16)26(32,33)34/h3-4,11-14,20H,5-10H2,1-2H3,(H,36,41)(H,37,38)(H,39,42)/t13-,20+/m1/s1. The predicted molar refractivity (Wildman–Crippen MR) is 133 cm³/mol. The summed E-state index contributed by atoms with van der Waals surface area (Å²) in [5.41, 5.74) is -0.709. The van der Waals surface area contributed by atoms with Gasteiger partial charge in [-0.2, -0.15) is 31.4 Å². The molecule has 0 spiro atoms. The monoisotopic (exact) mass is 608 g/mol. The van der Waals surface area contributed by atoms with Crippen molar-refractivity contribution in [1.82, 2.24) is 30.4 Å². The zero-order valence-corrected chi connectivity index (χ0v) is 22.5. The summed E-state index contributed by atoms with van der Waals surface area (Å²) in [7, 11) is 1.04. The number of rotatable bonds is 8. The number of amides is 2. The van der Waals surface area contributed by atoms with E-state index in [0.717, 1.165) is 13.2 Å². The molecular weight excluding hydrogens is 580 g/mol. The summed E-state index contributed by atoms with van der Waals surface area (Å²) in [5, 5.41) is 8.58. The minimum absolute atomic E-state index is 0.0274. The molecule has 230 valence electrons. The number of halogens is 8. The number of alkyl halides is 8. The molecule has 3 aromatic rings. The third kappa shape index (κ3) is 7.37. The number of fused-ring (bicyclic) bond motifs is 1. The minimum atomic E-state index is -4.88. The van der Waals surface area contributed by atoms with Gasteiger partial charge in [0.2, 0.25) is 11.8 Å². The van der Waals surface area contributed by atoms with Gasteiger partial charge in [0, 0.05) is 26.3 Å². The van der Waals surface area contributed by atoms with E-state index >= 15 is 0 Å². The first-order valence-electron chi connectivity index (χ1n) is 13.1. The Bertz CT molecular complexity index is 1430. The number of aryl methyl sites for hydroxylation is 1. The van der Waals surface area contributed by atoms with Crippen LogP contribution in [-0.2, 0) is 18.0 Å². The van der Waals surface area contributed by atoms with Crippen molar-refractivity contribution in [3.05, 3.63) is 47.0 Å². The normalized spacial score (nSPS) is 17.7. The number of imidazole rings is 1. The third-order valence-electron chi connectivity index (χ3n) is 7.30. The van der Waals surface area contributed by atoms with Gasteiger partial charge in [-0.05, 0) is 43.4 Å². The predicted octanol–water partition coefficient (Wildman–Crippen LogP) is 6.13. The zero-order valence-electron chi connectivity index (χ0n) is 22.5. The van der Waals surface area contributed by atoms with Gasteiger partial charge in [0.1, 0.15) is 5.82 Å². The molecule has 1 fully saturated rings. The lowest BCUT2D eigenvalue weighted by Crippen LogP contribution is -2.38. The number of hydrogen-bond donors (Lipinski definition) is 3. The molecule has 8 nitrogen and oxygen atoms in total. The van der Waals surface area contributed by atoms with Gasteiger partial charge in [0.15, 0.2) is 5.69 Å². The molecule has 1 saturated carbocycles. The summed E-state index contributed by atoms with van der Waals surface area (Å²) >= 11 is 0. The molecule has 0 saturated heterocycles. The fraction of sp³-hybridized carbons (Fsp3) is 0.538. The Labute approximate surface area is 234 Å². The highest BCUT2D eigenvalue weighted by Crippen LogP contribution is 2.41. The van der Waals surface area contributed by atoms with Gasteiger partial charge >= 0.3 is 12.4 Å². The van der Waals surface area contributed by atoms with Crippen molar-refractivity contribution in [2.45, 2.75) is 75.8 Å². The number of carbonyl (C=O) groups is 2. The number of benzene rings is 1. The number of aromatic nitrogens is 4. The van der Waals surface area contributed by atoms with Crippen LogP contribution in [0.1, 0.15) is 85.0 Å². The van der Waals surface area contributed by atoms with Crippen molar-refractivity contribution in [2.24, 2.45) is 13.0 Å². The summed E-state index contributed by atoms with van der Waals surface area (Å²) in [4.78, 5) is 32.5. The Morgan fingerprint density at radius 3 is 2.40 bits per heavy atom. The van der Waals surface area contributed by atoms with Crippen molar-refractivity contribution in [3.8, 4) is 0 Å². The van der Waals surface area contributed by atoms with Gasteiger partial charge in [-0.15, -0.1) is 0 Å². The van der Waals surface area contributed by atoms with E-state index in [2.05, 4.69) is 25.7 Å². The molecule has 2 heterocycles. The van der Waals surface area contributed by atoms with Crippen LogP contribution in [0, 0.1) is 5.92 Å². The maximum absolute atomic E-state index is 13.9. The van der Waals surface area contributed by atoms with Crippen LogP contribution in [0.25, 0.3) is 11.0 Å². The molecule has 2 amide bonds. The first kappa shape index (κ1) is 31.2. The summed E-state index contributed by atoms with van der Waals surface area (Å²) < 4.78 is 106. The molecule has 1 aliphatic carbocycles. The Hall–Kier alpha value is -3.72. The van der Waals surface area contributed by atoms with E-state index in [0.29, 0.717) is 21.3 Å². The number of nitrogens with zero attached hydrogens (tertiary/aromatic N) is 3. The van der Waals surface area contributed by atoms with E-state index in [1.54, 1.807) is 25.1 Å². The Morgan fingerprint density at radius 1 is 1.12 bits per heavy atom. The highest BCUT2D eigenvalue weighted by molar-refractivity contribution is 5.95. The second-order valence-electron chi connectivity index (χ2n) is 10.5. The van der Waals surface area contributed by atoms with E-state index in [1.165, 1.54) is 0 Å². The maximum Gasteiger partial charge on any atom is 0.433 e. The smallest absolute Gasteiger partial charge is 0.350 e. The molecule has 2 atom stereocenters. The molecule has 16 heteroatoms. The number of nitrogens with one attached hydrogen (secondary N) is 3. The average molecular weight is 609 g/mol. The summed E-state index contributed by atoms with van der Waals surface area (Å²) in [5.74, 6) is -5.25. The minimum Gasteiger partial charge on any atom is -0.350 e. The Morgan fingerprint density at radius 2 is 1.79 bits per heavy atom. The highest BCUT2D eigenvalue weighted by atomic mass is 19.4. The van der Waals surface area contributed by atoms with E-state index in [4.69, 9.17) is 0 Å². The van der Waals surface area contributed by atoms with Crippen LogP contribution < -0.4 is 10.6 Å². The fourth-order valence-corrected chi connectivity index (χ4v) is 5.08. The Balaban J connectivity index is 1.60. The molecule has 3 N–H and O–H groups in total. The van der Waals surface area contributed by atoms with Crippen LogP contribution in [0.2, 0.25) is 0 Å². The van der Waals surface area contributed by atoms with Crippen LogP contribution in [-0.4, -0.2) is 43.7 Å². The second kappa shape index (κ2) is 11.5. The van der Waals surface area contributed by atoms with E-state index in [-0.39, 0.29) is 18.7 Å². The third-order valence-corrected chi connectivity index (χ3v) is 7.30. The fourth-order valence-electron chi connectivity index (χ4n) is 5.08. The van der Waals surface area contributed by atoms with Crippen LogP contribution >= 0.6 is 0 Å². The molecular formula is C26H28F8N6O2. The van der Waals surface area contributed by atoms with E-state index in [9.17, 15) is 44.7 Å². The molecule has 0 radical (unpaired) electrons. The van der Waals surface area contributed by atoms with Crippen LogP contribution in [0.15, 0.2) is 24.4 Å². The highest BCUT2D eigenvalue weighted by Gasteiger charge is 2.42. The van der Waals surface area contributed by atoms with Crippen molar-refractivity contribution >= 4 is 22.8 Å². The van der Waals surface area contributed by atoms with Crippen molar-refractivity contribution in [1.29, 1.82) is 0 Å². The number of H-pyrrole nitrogens is 1. The van der Waals surface area contributed by atoms with Gasteiger partial charge in [0.05, 0.1) is 41.3 Å². The number of aromatic amines is 1. The average Bonchev–Trinajstić information content (AvgIpc) is 3.48. The lowest BCUT2D eigenvalue weighted by atomic mass is 9.81. The summed E-state index contributed by atoms with van der Waals surface area (Å²) in [6.45, 7) is 1.57. The first-order valence-corrected chi connectivity index (χ1v) is 13.1. The van der Waals surface area contributed by atoms with Crippen LogP contribution in [0.3, 0.4) is 0 Å². The van der Waals surface area contributed by atoms with Crippen LogP contribution in [0.5, 0.6) is 0 Å². The topological polar surface area (TPSA) is 105 Å². The molecule has 1 aromatic carbocycles. The lowest BCUT2D eigenvalue weighted by Gasteiger charge is -2.33. The SMILES string of the molecule is C[C@@H](NC(=O)CCC(F)(F)F)c1ccc2nc([C@@H](NC(=O)c3cnn(C)c3C(F)(F)F)C3CCC(F)(F)CC3)[nH]c2c1. The van der Waals surface area contributed by atoms with Gasteiger partial charge in [0.25, 0.3) is 5.91 Å². The van der Waals surface area contributed by atoms with Gasteiger partial charge in [-0.1, -0.05) is 6.07 Å².